The third kappa shape index (κ3) is 0.782. The zero-order valence-corrected chi connectivity index (χ0v) is 5.15. The van der Waals surface area contributed by atoms with Gasteiger partial charge in [0.05, 0.1) is 0 Å². The number of rotatable bonds is 1. The van der Waals surface area contributed by atoms with Crippen LogP contribution in [0.4, 0.5) is 0 Å². The summed E-state index contributed by atoms with van der Waals surface area (Å²) in [6.07, 6.45) is 0. The predicted octanol–water partition coefficient (Wildman–Crippen LogP) is 0.369. The third-order valence-electron chi connectivity index (χ3n) is 1.57. The van der Waals surface area contributed by atoms with Gasteiger partial charge < -0.3 is 5.41 Å². The monoisotopic (exact) mass is 111 g/mol. The third-order valence-corrected chi connectivity index (χ3v) is 1.57. The van der Waals surface area contributed by atoms with Crippen LogP contribution in [0.15, 0.2) is 0 Å². The van der Waals surface area contributed by atoms with Crippen molar-refractivity contribution in [2.24, 2.45) is 5.92 Å². The minimum absolute atomic E-state index is 0.507. The van der Waals surface area contributed by atoms with Crippen molar-refractivity contribution in [3.63, 3.8) is 0 Å². The van der Waals surface area contributed by atoms with Crippen molar-refractivity contribution < 1.29 is 4.58 Å². The van der Waals surface area contributed by atoms with Crippen molar-refractivity contribution >= 4 is 12.4 Å². The van der Waals surface area contributed by atoms with Crippen LogP contribution in [-0.4, -0.2) is 30.1 Å². The first-order chi connectivity index (χ1) is 3.70. The molecule has 1 fully saturated rings. The van der Waals surface area contributed by atoms with Crippen LogP contribution in [0.2, 0.25) is 0 Å². The van der Waals surface area contributed by atoms with Gasteiger partial charge in [-0.1, -0.05) is 0 Å². The Morgan fingerprint density at radius 3 is 2.38 bits per heavy atom. The second-order valence-electron chi connectivity index (χ2n) is 2.42. The van der Waals surface area contributed by atoms with Crippen molar-refractivity contribution in [3.8, 4) is 0 Å². The smallest absolute Gasteiger partial charge is 0.156 e. The van der Waals surface area contributed by atoms with E-state index in [2.05, 4.69) is 6.72 Å². The summed E-state index contributed by atoms with van der Waals surface area (Å²) in [6, 6.07) is 0. The van der Waals surface area contributed by atoms with E-state index < -0.39 is 0 Å². The fourth-order valence-corrected chi connectivity index (χ4v) is 0.844. The normalized spacial score (nSPS) is 20.4. The lowest BCUT2D eigenvalue weighted by Crippen LogP contribution is -2.42. The minimum Gasteiger partial charge on any atom is -0.309 e. The summed E-state index contributed by atoms with van der Waals surface area (Å²) in [5.41, 5.74) is 0.796. The molecule has 0 radical (unpaired) electrons. The second kappa shape index (κ2) is 1.69. The number of hydrogen-bond acceptors (Lipinski definition) is 1. The van der Waals surface area contributed by atoms with Crippen LogP contribution < -0.4 is 0 Å². The van der Waals surface area contributed by atoms with Crippen LogP contribution in [0.5, 0.6) is 0 Å². The largest absolute Gasteiger partial charge is 0.309 e. The summed E-state index contributed by atoms with van der Waals surface area (Å²) in [5.74, 6) is 0.507. The highest BCUT2D eigenvalue weighted by atomic mass is 15.1. The van der Waals surface area contributed by atoms with Crippen LogP contribution in [0, 0.1) is 11.3 Å². The maximum atomic E-state index is 7.19. The Morgan fingerprint density at radius 1 is 1.75 bits per heavy atom. The number of hydrogen-bond donors (Lipinski definition) is 1. The first-order valence-corrected chi connectivity index (χ1v) is 2.80. The molecule has 2 nitrogen and oxygen atoms in total. The molecule has 8 heavy (non-hydrogen) atoms. The molecule has 1 heterocycles. The quantitative estimate of drug-likeness (QED) is 0.374. The molecule has 0 saturated carbocycles. The maximum Gasteiger partial charge on any atom is 0.156 e. The summed E-state index contributed by atoms with van der Waals surface area (Å²) < 4.78 is 1.97. The summed E-state index contributed by atoms with van der Waals surface area (Å²) in [5, 5.41) is 7.19. The Hall–Kier alpha value is -0.660. The van der Waals surface area contributed by atoms with E-state index in [9.17, 15) is 0 Å². The van der Waals surface area contributed by atoms with Crippen molar-refractivity contribution in [1.82, 2.24) is 0 Å². The van der Waals surface area contributed by atoms with Crippen LogP contribution >= 0.6 is 0 Å². The van der Waals surface area contributed by atoms with Gasteiger partial charge in [-0.15, -0.1) is 0 Å². The lowest BCUT2D eigenvalue weighted by molar-refractivity contribution is -0.588. The molecule has 0 atom stereocenters. The van der Waals surface area contributed by atoms with E-state index in [1.165, 1.54) is 0 Å². The molecule has 1 saturated heterocycles. The van der Waals surface area contributed by atoms with E-state index in [4.69, 9.17) is 5.41 Å². The van der Waals surface area contributed by atoms with E-state index in [-0.39, 0.29) is 0 Å². The Balaban J connectivity index is 2.35. The molecular weight excluding hydrogens is 100 g/mol. The van der Waals surface area contributed by atoms with Gasteiger partial charge in [0.1, 0.15) is 12.6 Å². The molecule has 0 amide bonds. The zero-order chi connectivity index (χ0) is 6.15. The van der Waals surface area contributed by atoms with E-state index in [0.29, 0.717) is 5.92 Å². The molecule has 0 aliphatic carbocycles. The molecule has 1 aliphatic rings. The lowest BCUT2D eigenvalue weighted by Gasteiger charge is -2.20. The number of nitrogens with zero attached hydrogens (tertiary/aromatic N) is 1. The minimum atomic E-state index is 0.507. The van der Waals surface area contributed by atoms with Crippen LogP contribution in [0.1, 0.15) is 6.92 Å². The average molecular weight is 111 g/mol. The molecule has 0 aromatic rings. The van der Waals surface area contributed by atoms with Gasteiger partial charge in [-0.05, 0) is 6.92 Å². The van der Waals surface area contributed by atoms with Gasteiger partial charge in [-0.2, -0.15) is 0 Å². The topological polar surface area (TPSA) is 26.9 Å². The standard InChI is InChI=1S/C6H11N2/c1-5(7)6-3-8(2)4-6/h6-7H,2-4H2,1H3/q+1. The highest BCUT2D eigenvalue weighted by molar-refractivity contribution is 5.81. The van der Waals surface area contributed by atoms with Crippen LogP contribution in [-0.2, 0) is 0 Å². The predicted molar refractivity (Wildman–Crippen MR) is 34.0 cm³/mol. The average Bonchev–Trinajstić information content (AvgIpc) is 1.57. The number of nitrogens with one attached hydrogen (secondary N) is 1. The van der Waals surface area contributed by atoms with Crippen LogP contribution in [0.25, 0.3) is 0 Å². The van der Waals surface area contributed by atoms with E-state index in [0.717, 1.165) is 18.8 Å². The van der Waals surface area contributed by atoms with E-state index in [1.807, 2.05) is 11.5 Å². The maximum absolute atomic E-state index is 7.19. The Morgan fingerprint density at radius 2 is 2.25 bits per heavy atom. The lowest BCUT2D eigenvalue weighted by atomic mass is 9.98. The molecule has 1 rings (SSSR count). The molecule has 0 bridgehead atoms. The van der Waals surface area contributed by atoms with Crippen molar-refractivity contribution in [1.29, 1.82) is 5.41 Å². The van der Waals surface area contributed by atoms with Gasteiger partial charge >= 0.3 is 0 Å². The fourth-order valence-electron chi connectivity index (χ4n) is 0.844. The Labute approximate surface area is 49.3 Å². The molecule has 0 aromatic carbocycles. The molecular formula is C6H11N2+. The highest BCUT2D eigenvalue weighted by Crippen LogP contribution is 2.08. The molecule has 44 valence electrons. The molecule has 2 heteroatoms. The van der Waals surface area contributed by atoms with Crippen molar-refractivity contribution in [2.75, 3.05) is 13.1 Å². The Kier molecular flexibility index (Phi) is 1.16. The van der Waals surface area contributed by atoms with Gasteiger partial charge in [-0.25, -0.2) is 4.58 Å². The van der Waals surface area contributed by atoms with Crippen molar-refractivity contribution in [3.05, 3.63) is 0 Å². The summed E-state index contributed by atoms with van der Waals surface area (Å²) in [7, 11) is 0. The van der Waals surface area contributed by atoms with Gasteiger partial charge in [-0.3, -0.25) is 0 Å². The molecule has 1 N–H and O–H groups in total. The fraction of sp³-hybridized carbons (Fsp3) is 0.667. The van der Waals surface area contributed by atoms with Gasteiger partial charge in [0.2, 0.25) is 0 Å². The Bertz CT molecular complexity index is 129. The molecule has 0 spiro atoms. The first kappa shape index (κ1) is 5.48. The summed E-state index contributed by atoms with van der Waals surface area (Å²) >= 11 is 0. The molecule has 1 aliphatic heterocycles. The summed E-state index contributed by atoms with van der Waals surface area (Å²) in [4.78, 5) is 0. The highest BCUT2D eigenvalue weighted by Gasteiger charge is 2.30. The van der Waals surface area contributed by atoms with Gasteiger partial charge in [0, 0.05) is 5.71 Å². The van der Waals surface area contributed by atoms with Gasteiger partial charge in [0.25, 0.3) is 0 Å². The van der Waals surface area contributed by atoms with Crippen molar-refractivity contribution in [2.45, 2.75) is 6.92 Å². The van der Waals surface area contributed by atoms with E-state index >= 15 is 0 Å². The van der Waals surface area contributed by atoms with Crippen LogP contribution in [0.3, 0.4) is 0 Å². The van der Waals surface area contributed by atoms with E-state index in [1.54, 1.807) is 0 Å². The zero-order valence-electron chi connectivity index (χ0n) is 5.15. The second-order valence-corrected chi connectivity index (χ2v) is 2.42. The molecule has 0 aromatic heterocycles. The summed E-state index contributed by atoms with van der Waals surface area (Å²) in [6.45, 7) is 7.53. The molecule has 0 unspecified atom stereocenters. The van der Waals surface area contributed by atoms with Gasteiger partial charge in [0.15, 0.2) is 13.1 Å². The first-order valence-electron chi connectivity index (χ1n) is 2.80. The SMILES string of the molecule is C=[N+]1CC(C(C)=N)C1.